The van der Waals surface area contributed by atoms with E-state index < -0.39 is 23.6 Å². The number of urea groups is 1. The van der Waals surface area contributed by atoms with Gasteiger partial charge in [0, 0.05) is 17.8 Å². The number of carboxylic acid groups (broad SMARTS) is 1. The minimum atomic E-state index is -1.09. The molecule has 1 heterocycles. The number of nitrogens with two attached hydrogens (primary N) is 2. The lowest BCUT2D eigenvalue weighted by Gasteiger charge is -2.19. The van der Waals surface area contributed by atoms with E-state index in [4.69, 9.17) is 23.1 Å². The summed E-state index contributed by atoms with van der Waals surface area (Å²) in [6, 6.07) is 13.9. The van der Waals surface area contributed by atoms with Gasteiger partial charge < -0.3 is 31.8 Å². The van der Waals surface area contributed by atoms with Crippen LogP contribution in [0.25, 0.3) is 0 Å². The number of aromatic nitrogens is 1. The molecule has 3 aromatic rings. The van der Waals surface area contributed by atoms with E-state index in [9.17, 15) is 19.5 Å². The first kappa shape index (κ1) is 23.8. The Labute approximate surface area is 195 Å². The molecular formula is C23H24ClN5O4. The maximum absolute atomic E-state index is 12.9. The van der Waals surface area contributed by atoms with Gasteiger partial charge in [0.2, 0.25) is 0 Å². The number of rotatable bonds is 8. The minimum absolute atomic E-state index is 0.0765. The second kappa shape index (κ2) is 10.7. The lowest BCUT2D eigenvalue weighted by molar-refractivity contribution is -0.137. The molecule has 0 radical (unpaired) electrons. The molecule has 2 amide bonds. The van der Waals surface area contributed by atoms with Crippen molar-refractivity contribution in [1.82, 2.24) is 9.88 Å². The number of hydrogen-bond donors (Lipinski definition) is 5. The molecule has 0 saturated heterocycles. The molecule has 1 aromatic heterocycles. The highest BCUT2D eigenvalue weighted by atomic mass is 35.5. The first-order valence-electron chi connectivity index (χ1n) is 10.1. The normalized spacial score (nSPS) is 11.6. The molecule has 9 nitrogen and oxygen atoms in total. The second-order valence-corrected chi connectivity index (χ2v) is 7.77. The van der Waals surface area contributed by atoms with Crippen LogP contribution in [0, 0.1) is 0 Å². The summed E-state index contributed by atoms with van der Waals surface area (Å²) in [7, 11) is 0. The van der Waals surface area contributed by atoms with Crippen LogP contribution in [0.15, 0.2) is 65.6 Å². The van der Waals surface area contributed by atoms with Crippen LogP contribution in [0.3, 0.4) is 0 Å². The van der Waals surface area contributed by atoms with Gasteiger partial charge in [-0.3, -0.25) is 9.59 Å². The molecular weight excluding hydrogens is 446 g/mol. The monoisotopic (exact) mass is 469 g/mol. The van der Waals surface area contributed by atoms with Crippen LogP contribution in [-0.4, -0.2) is 21.7 Å². The largest absolute Gasteiger partial charge is 0.481 e. The van der Waals surface area contributed by atoms with Crippen molar-refractivity contribution in [2.24, 2.45) is 5.73 Å². The summed E-state index contributed by atoms with van der Waals surface area (Å²) in [5, 5.41) is 14.8. The van der Waals surface area contributed by atoms with Gasteiger partial charge in [-0.15, -0.1) is 0 Å². The maximum atomic E-state index is 12.9. The highest BCUT2D eigenvalue weighted by Crippen LogP contribution is 2.20. The quantitative estimate of drug-likeness (QED) is 0.342. The zero-order valence-corrected chi connectivity index (χ0v) is 18.4. The molecule has 2 aromatic carbocycles. The number of halogens is 1. The van der Waals surface area contributed by atoms with E-state index in [-0.39, 0.29) is 24.3 Å². The summed E-state index contributed by atoms with van der Waals surface area (Å²) in [6.07, 6.45) is 1.16. The van der Waals surface area contributed by atoms with Crippen molar-refractivity contribution in [1.29, 1.82) is 0 Å². The molecule has 0 aliphatic rings. The van der Waals surface area contributed by atoms with Gasteiger partial charge in [0.05, 0.1) is 24.7 Å². The molecule has 0 aliphatic carbocycles. The number of anilines is 2. The van der Waals surface area contributed by atoms with E-state index in [1.807, 2.05) is 0 Å². The number of benzene rings is 2. The highest BCUT2D eigenvalue weighted by Gasteiger charge is 2.20. The molecule has 0 bridgehead atoms. The van der Waals surface area contributed by atoms with Crippen LogP contribution >= 0.6 is 11.6 Å². The number of nitrogen functional groups attached to an aromatic ring is 1. The second-order valence-electron chi connectivity index (χ2n) is 7.37. The molecule has 3 rings (SSSR count). The molecule has 0 fully saturated rings. The fourth-order valence-electron chi connectivity index (χ4n) is 3.27. The van der Waals surface area contributed by atoms with Crippen LogP contribution in [0.5, 0.6) is 0 Å². The Morgan fingerprint density at radius 1 is 1.09 bits per heavy atom. The lowest BCUT2D eigenvalue weighted by atomic mass is 10.0. The van der Waals surface area contributed by atoms with E-state index >= 15 is 0 Å². The topological polar surface area (TPSA) is 152 Å². The van der Waals surface area contributed by atoms with E-state index in [0.717, 1.165) is 11.1 Å². The summed E-state index contributed by atoms with van der Waals surface area (Å²) in [5.74, 6) is -1.09. The van der Waals surface area contributed by atoms with E-state index in [1.54, 1.807) is 48.5 Å². The van der Waals surface area contributed by atoms with Crippen LogP contribution < -0.4 is 27.7 Å². The number of carbonyl (C=O) groups excluding carboxylic acids is 1. The fourth-order valence-corrected chi connectivity index (χ4v) is 3.46. The molecule has 7 N–H and O–H groups in total. The first-order valence-corrected chi connectivity index (χ1v) is 10.5. The van der Waals surface area contributed by atoms with Crippen LogP contribution in [0.1, 0.15) is 29.2 Å². The third-order valence-electron chi connectivity index (χ3n) is 5.04. The Morgan fingerprint density at radius 3 is 2.42 bits per heavy atom. The van der Waals surface area contributed by atoms with Crippen molar-refractivity contribution in [3.8, 4) is 0 Å². The SMILES string of the molecule is NCc1ccc(C(CC(=O)O)NC(=O)Nc2c(N)ccn(Cc3ccccc3Cl)c2=O)cc1. The Hall–Kier alpha value is -3.82. The molecule has 1 unspecified atom stereocenters. The zero-order valence-electron chi connectivity index (χ0n) is 17.6. The predicted octanol–water partition coefficient (Wildman–Crippen LogP) is 2.93. The van der Waals surface area contributed by atoms with Gasteiger partial charge in [-0.1, -0.05) is 54.1 Å². The lowest BCUT2D eigenvalue weighted by Crippen LogP contribution is -2.36. The predicted molar refractivity (Wildman–Crippen MR) is 127 cm³/mol. The van der Waals surface area contributed by atoms with Crippen molar-refractivity contribution in [2.75, 3.05) is 11.1 Å². The van der Waals surface area contributed by atoms with Gasteiger partial charge in [0.15, 0.2) is 0 Å². The van der Waals surface area contributed by atoms with Crippen LogP contribution in [0.4, 0.5) is 16.2 Å². The van der Waals surface area contributed by atoms with Gasteiger partial charge in [-0.25, -0.2) is 4.79 Å². The fraction of sp³-hybridized carbons (Fsp3) is 0.174. The highest BCUT2D eigenvalue weighted by molar-refractivity contribution is 6.31. The number of carbonyl (C=O) groups is 2. The maximum Gasteiger partial charge on any atom is 0.319 e. The Bertz CT molecular complexity index is 1210. The van der Waals surface area contributed by atoms with Gasteiger partial charge >= 0.3 is 12.0 Å². The smallest absolute Gasteiger partial charge is 0.319 e. The van der Waals surface area contributed by atoms with E-state index in [1.165, 1.54) is 16.8 Å². The summed E-state index contributed by atoms with van der Waals surface area (Å²) < 4.78 is 1.37. The van der Waals surface area contributed by atoms with Crippen molar-refractivity contribution in [3.05, 3.63) is 92.9 Å². The Balaban J connectivity index is 1.80. The van der Waals surface area contributed by atoms with Crippen molar-refractivity contribution in [2.45, 2.75) is 25.6 Å². The number of amides is 2. The van der Waals surface area contributed by atoms with Gasteiger partial charge in [0.1, 0.15) is 5.69 Å². The van der Waals surface area contributed by atoms with Crippen LogP contribution in [-0.2, 0) is 17.9 Å². The average molecular weight is 470 g/mol. The minimum Gasteiger partial charge on any atom is -0.481 e. The molecule has 172 valence electrons. The number of pyridine rings is 1. The summed E-state index contributed by atoms with van der Waals surface area (Å²) >= 11 is 6.18. The summed E-state index contributed by atoms with van der Waals surface area (Å²) in [5.41, 5.74) is 13.1. The number of carboxylic acids is 1. The first-order chi connectivity index (χ1) is 15.8. The standard InChI is InChI=1S/C23H24ClN5O4/c24-17-4-2-1-3-16(17)13-29-10-9-18(26)21(22(29)32)28-23(33)27-19(11-20(30)31)15-7-5-14(12-25)6-8-15/h1-10,19H,11-13,25-26H2,(H,30,31)(H2,27,28,33). The summed E-state index contributed by atoms with van der Waals surface area (Å²) in [4.78, 5) is 36.9. The van der Waals surface area contributed by atoms with Gasteiger partial charge in [0.25, 0.3) is 5.56 Å². The van der Waals surface area contributed by atoms with Crippen LogP contribution in [0.2, 0.25) is 5.02 Å². The van der Waals surface area contributed by atoms with Crippen molar-refractivity contribution >= 4 is 35.0 Å². The number of nitrogens with one attached hydrogen (secondary N) is 2. The molecule has 0 spiro atoms. The van der Waals surface area contributed by atoms with Gasteiger partial charge in [-0.05, 0) is 28.8 Å². The molecule has 10 heteroatoms. The Kier molecular flexibility index (Phi) is 7.70. The van der Waals surface area contributed by atoms with Gasteiger partial charge in [-0.2, -0.15) is 0 Å². The Morgan fingerprint density at radius 2 is 1.79 bits per heavy atom. The third kappa shape index (κ3) is 6.12. The number of hydrogen-bond acceptors (Lipinski definition) is 5. The van der Waals surface area contributed by atoms with Crippen molar-refractivity contribution in [3.63, 3.8) is 0 Å². The third-order valence-corrected chi connectivity index (χ3v) is 5.41. The van der Waals surface area contributed by atoms with Crippen molar-refractivity contribution < 1.29 is 14.7 Å². The number of aliphatic carboxylic acids is 1. The summed E-state index contributed by atoms with van der Waals surface area (Å²) in [6.45, 7) is 0.524. The van der Waals surface area contributed by atoms with E-state index in [2.05, 4.69) is 10.6 Å². The number of nitrogens with zero attached hydrogens (tertiary/aromatic N) is 1. The zero-order chi connectivity index (χ0) is 24.0. The molecule has 0 saturated carbocycles. The molecule has 1 atom stereocenters. The average Bonchev–Trinajstić information content (AvgIpc) is 2.79. The van der Waals surface area contributed by atoms with E-state index in [0.29, 0.717) is 17.1 Å². The molecule has 33 heavy (non-hydrogen) atoms. The molecule has 0 aliphatic heterocycles.